The minimum atomic E-state index is 0. The summed E-state index contributed by atoms with van der Waals surface area (Å²) >= 11 is 0. The first-order valence-corrected chi connectivity index (χ1v) is 3.83. The zero-order valence-electron chi connectivity index (χ0n) is 6.70. The van der Waals surface area contributed by atoms with Crippen molar-refractivity contribution in [1.29, 1.82) is 0 Å². The fourth-order valence-corrected chi connectivity index (χ4v) is 0.798. The Hall–Kier alpha value is -0.0800. The van der Waals surface area contributed by atoms with Gasteiger partial charge in [0, 0.05) is 28.5 Å². The quantitative estimate of drug-likeness (QED) is 0.518. The van der Waals surface area contributed by atoms with Gasteiger partial charge in [-0.3, -0.25) is 0 Å². The standard InChI is InChI=1S/C5H12N2.C2H6.2H2/c1-5-4-6-2-3-7-5;1-2;;/h5-7H,2-4H2,1H3;1-2H3;2*1H. The van der Waals surface area contributed by atoms with Crippen LogP contribution in [0, 0.1) is 0 Å². The van der Waals surface area contributed by atoms with Crippen molar-refractivity contribution in [3.63, 3.8) is 0 Å². The minimum Gasteiger partial charge on any atom is -0.314 e. The maximum Gasteiger partial charge on any atom is 0.0164 e. The third-order valence-electron chi connectivity index (χ3n) is 1.25. The van der Waals surface area contributed by atoms with E-state index in [1.165, 1.54) is 0 Å². The topological polar surface area (TPSA) is 24.1 Å². The van der Waals surface area contributed by atoms with Crippen LogP contribution < -0.4 is 10.6 Å². The van der Waals surface area contributed by atoms with Gasteiger partial charge in [-0.1, -0.05) is 13.8 Å². The van der Waals surface area contributed by atoms with Gasteiger partial charge in [0.05, 0.1) is 0 Å². The predicted octanol–water partition coefficient (Wildman–Crippen LogP) is 1.09. The second-order valence-electron chi connectivity index (χ2n) is 2.06. The Morgan fingerprint density at radius 1 is 1.33 bits per heavy atom. The van der Waals surface area contributed by atoms with Crippen molar-refractivity contribution in [2.45, 2.75) is 26.8 Å². The molecule has 0 aliphatic carbocycles. The summed E-state index contributed by atoms with van der Waals surface area (Å²) in [6.07, 6.45) is 0. The van der Waals surface area contributed by atoms with Crippen LogP contribution in [0.5, 0.6) is 0 Å². The molecule has 0 bridgehead atoms. The Labute approximate surface area is 61.0 Å². The molecule has 9 heavy (non-hydrogen) atoms. The lowest BCUT2D eigenvalue weighted by atomic mass is 10.3. The first kappa shape index (κ1) is 8.92. The van der Waals surface area contributed by atoms with E-state index in [0.717, 1.165) is 19.6 Å². The summed E-state index contributed by atoms with van der Waals surface area (Å²) < 4.78 is 0. The number of hydrogen-bond acceptors (Lipinski definition) is 2. The summed E-state index contributed by atoms with van der Waals surface area (Å²) in [5.41, 5.74) is 0. The van der Waals surface area contributed by atoms with Crippen LogP contribution in [0.25, 0.3) is 0 Å². The van der Waals surface area contributed by atoms with E-state index in [1.54, 1.807) is 0 Å². The molecule has 0 aromatic rings. The Morgan fingerprint density at radius 2 is 2.00 bits per heavy atom. The van der Waals surface area contributed by atoms with Gasteiger partial charge in [0.1, 0.15) is 0 Å². The Morgan fingerprint density at radius 3 is 2.22 bits per heavy atom. The second kappa shape index (κ2) is 6.05. The van der Waals surface area contributed by atoms with E-state index >= 15 is 0 Å². The SMILES string of the molecule is CC.CC1CNCCN1.[HH].[HH]. The smallest absolute Gasteiger partial charge is 0.0164 e. The molecule has 60 valence electrons. The average Bonchev–Trinajstić information content (AvgIpc) is 1.94. The lowest BCUT2D eigenvalue weighted by molar-refractivity contribution is 0.442. The first-order valence-electron chi connectivity index (χ1n) is 3.83. The first-order chi connectivity index (χ1) is 4.39. The van der Waals surface area contributed by atoms with Crippen molar-refractivity contribution in [2.75, 3.05) is 19.6 Å². The van der Waals surface area contributed by atoms with Gasteiger partial charge in [0.15, 0.2) is 0 Å². The number of nitrogens with one attached hydrogen (secondary N) is 2. The summed E-state index contributed by atoms with van der Waals surface area (Å²) in [5, 5.41) is 6.59. The summed E-state index contributed by atoms with van der Waals surface area (Å²) in [7, 11) is 0. The zero-order chi connectivity index (χ0) is 7.11. The van der Waals surface area contributed by atoms with Gasteiger partial charge in [-0.05, 0) is 6.92 Å². The molecule has 1 fully saturated rings. The molecule has 2 nitrogen and oxygen atoms in total. The van der Waals surface area contributed by atoms with Crippen molar-refractivity contribution < 1.29 is 2.85 Å². The van der Waals surface area contributed by atoms with Crippen LogP contribution in [-0.2, 0) is 0 Å². The van der Waals surface area contributed by atoms with Gasteiger partial charge in [-0.25, -0.2) is 0 Å². The van der Waals surface area contributed by atoms with E-state index in [0.29, 0.717) is 6.04 Å². The van der Waals surface area contributed by atoms with Gasteiger partial charge < -0.3 is 10.6 Å². The van der Waals surface area contributed by atoms with Crippen LogP contribution in [0.3, 0.4) is 0 Å². The fraction of sp³-hybridized carbons (Fsp3) is 1.00. The lowest BCUT2D eigenvalue weighted by Gasteiger charge is -2.19. The van der Waals surface area contributed by atoms with Crippen LogP contribution in [0.2, 0.25) is 0 Å². The van der Waals surface area contributed by atoms with Crippen molar-refractivity contribution >= 4 is 0 Å². The Kier molecular flexibility index (Phi) is 5.99. The highest BCUT2D eigenvalue weighted by molar-refractivity contribution is 4.69. The summed E-state index contributed by atoms with van der Waals surface area (Å²) in [4.78, 5) is 0. The molecule has 1 saturated heterocycles. The highest BCUT2D eigenvalue weighted by atomic mass is 15.0. The third kappa shape index (κ3) is 4.43. The summed E-state index contributed by atoms with van der Waals surface area (Å²) in [6.45, 7) is 9.57. The molecule has 0 spiro atoms. The maximum atomic E-state index is 3.32. The Bertz CT molecular complexity index is 56.4. The molecular formula is C7H22N2. The van der Waals surface area contributed by atoms with Crippen LogP contribution in [0.4, 0.5) is 0 Å². The molecule has 1 aliphatic rings. The predicted molar refractivity (Wildman–Crippen MR) is 45.9 cm³/mol. The van der Waals surface area contributed by atoms with Crippen LogP contribution >= 0.6 is 0 Å². The molecule has 0 radical (unpaired) electrons. The Balaban J connectivity index is -0.000000149. The molecule has 1 heterocycles. The molecule has 0 aromatic carbocycles. The molecule has 0 aromatic heterocycles. The van der Waals surface area contributed by atoms with E-state index in [1.807, 2.05) is 13.8 Å². The van der Waals surface area contributed by atoms with Crippen molar-refractivity contribution in [3.8, 4) is 0 Å². The molecule has 0 saturated carbocycles. The van der Waals surface area contributed by atoms with Crippen molar-refractivity contribution in [2.24, 2.45) is 0 Å². The minimum absolute atomic E-state index is 0. The van der Waals surface area contributed by atoms with Crippen LogP contribution in [-0.4, -0.2) is 25.7 Å². The maximum absolute atomic E-state index is 3.32. The molecular weight excluding hydrogens is 112 g/mol. The van der Waals surface area contributed by atoms with E-state index in [2.05, 4.69) is 17.6 Å². The van der Waals surface area contributed by atoms with E-state index in [-0.39, 0.29) is 2.85 Å². The van der Waals surface area contributed by atoms with Crippen molar-refractivity contribution in [1.82, 2.24) is 10.6 Å². The van der Waals surface area contributed by atoms with Gasteiger partial charge in [-0.15, -0.1) is 0 Å². The lowest BCUT2D eigenvalue weighted by Crippen LogP contribution is -2.46. The summed E-state index contributed by atoms with van der Waals surface area (Å²) in [6, 6.07) is 0.675. The van der Waals surface area contributed by atoms with E-state index in [4.69, 9.17) is 0 Å². The molecule has 2 N–H and O–H groups in total. The van der Waals surface area contributed by atoms with Gasteiger partial charge in [-0.2, -0.15) is 0 Å². The van der Waals surface area contributed by atoms with E-state index < -0.39 is 0 Å². The highest BCUT2D eigenvalue weighted by Crippen LogP contribution is 1.80. The largest absolute Gasteiger partial charge is 0.314 e. The summed E-state index contributed by atoms with van der Waals surface area (Å²) in [5.74, 6) is 0. The number of rotatable bonds is 0. The van der Waals surface area contributed by atoms with Gasteiger partial charge in [0.25, 0.3) is 0 Å². The number of piperazine rings is 1. The second-order valence-corrected chi connectivity index (χ2v) is 2.06. The molecule has 1 unspecified atom stereocenters. The van der Waals surface area contributed by atoms with Crippen molar-refractivity contribution in [3.05, 3.63) is 0 Å². The highest BCUT2D eigenvalue weighted by Gasteiger charge is 2.03. The van der Waals surface area contributed by atoms with Crippen LogP contribution in [0.1, 0.15) is 23.6 Å². The van der Waals surface area contributed by atoms with Gasteiger partial charge in [0.2, 0.25) is 0 Å². The third-order valence-corrected chi connectivity index (χ3v) is 1.25. The molecule has 0 amide bonds. The normalized spacial score (nSPS) is 26.3. The molecule has 2 heteroatoms. The van der Waals surface area contributed by atoms with Crippen LogP contribution in [0.15, 0.2) is 0 Å². The molecule has 1 rings (SSSR count). The molecule has 1 atom stereocenters. The van der Waals surface area contributed by atoms with E-state index in [9.17, 15) is 0 Å². The zero-order valence-corrected chi connectivity index (χ0v) is 6.70. The average molecular weight is 134 g/mol. The number of hydrogen-bond donors (Lipinski definition) is 2. The fourth-order valence-electron chi connectivity index (χ4n) is 0.798. The monoisotopic (exact) mass is 134 g/mol. The molecule has 1 aliphatic heterocycles. The van der Waals surface area contributed by atoms with Gasteiger partial charge >= 0.3 is 0 Å².